The first-order valence-electron chi connectivity index (χ1n) is 7.47. The van der Waals surface area contributed by atoms with Crippen LogP contribution in [0.2, 0.25) is 0 Å². The van der Waals surface area contributed by atoms with E-state index in [1.165, 1.54) is 6.26 Å². The van der Waals surface area contributed by atoms with Crippen molar-refractivity contribution in [3.05, 3.63) is 48.0 Å². The van der Waals surface area contributed by atoms with Crippen molar-refractivity contribution < 1.29 is 14.0 Å². The number of rotatable bonds is 4. The van der Waals surface area contributed by atoms with Gasteiger partial charge >= 0.3 is 11.8 Å². The number of carbonyl (C=O) groups excluding carboxylic acids is 2. The molecule has 6 heteroatoms. The van der Waals surface area contributed by atoms with E-state index in [0.717, 1.165) is 23.3 Å². The summed E-state index contributed by atoms with van der Waals surface area (Å²) in [7, 11) is 0. The maximum atomic E-state index is 11.8. The molecule has 0 saturated carbocycles. The molecular weight excluding hydrogens is 294 g/mol. The van der Waals surface area contributed by atoms with Crippen LogP contribution in [0.15, 0.2) is 51.7 Å². The number of furan rings is 1. The van der Waals surface area contributed by atoms with Gasteiger partial charge in [0.1, 0.15) is 5.76 Å². The minimum Gasteiger partial charge on any atom is -0.467 e. The number of hydrazone groups is 1. The molecule has 0 aliphatic heterocycles. The summed E-state index contributed by atoms with van der Waals surface area (Å²) in [5.41, 5.74) is 5.18. The molecule has 6 nitrogen and oxygen atoms in total. The molecular formula is C17H21N3O3. The molecule has 1 aromatic rings. The number of nitrogens with zero attached hydrogens (tertiary/aromatic N) is 1. The highest BCUT2D eigenvalue weighted by Crippen LogP contribution is 2.26. The van der Waals surface area contributed by atoms with Crippen LogP contribution in [-0.4, -0.2) is 17.5 Å². The quantitative estimate of drug-likeness (QED) is 0.508. The molecule has 0 unspecified atom stereocenters. The third-order valence-electron chi connectivity index (χ3n) is 3.80. The molecule has 122 valence electrons. The van der Waals surface area contributed by atoms with Gasteiger partial charge in [-0.05, 0) is 50.3 Å². The van der Waals surface area contributed by atoms with E-state index < -0.39 is 11.8 Å². The van der Waals surface area contributed by atoms with Gasteiger partial charge in [0.05, 0.1) is 18.5 Å². The minimum atomic E-state index is -0.797. The predicted octanol–water partition coefficient (Wildman–Crippen LogP) is 2.30. The summed E-state index contributed by atoms with van der Waals surface area (Å²) in [6.07, 6.45) is 5.22. The van der Waals surface area contributed by atoms with Crippen LogP contribution in [0, 0.1) is 5.92 Å². The molecule has 1 aromatic heterocycles. The number of allylic oxidation sites excluding steroid dienone is 3. The fourth-order valence-electron chi connectivity index (χ4n) is 2.25. The number of nitrogens with one attached hydrogen (secondary N) is 2. The van der Waals surface area contributed by atoms with E-state index in [9.17, 15) is 9.59 Å². The molecule has 0 bridgehead atoms. The summed E-state index contributed by atoms with van der Waals surface area (Å²) < 4.78 is 5.08. The van der Waals surface area contributed by atoms with Crippen molar-refractivity contribution in [1.29, 1.82) is 0 Å². The van der Waals surface area contributed by atoms with Crippen LogP contribution in [0.5, 0.6) is 0 Å². The third kappa shape index (κ3) is 4.67. The van der Waals surface area contributed by atoms with Crippen molar-refractivity contribution >= 4 is 17.5 Å². The topological polar surface area (TPSA) is 83.7 Å². The monoisotopic (exact) mass is 315 g/mol. The Kier molecular flexibility index (Phi) is 5.51. The van der Waals surface area contributed by atoms with Crippen molar-refractivity contribution in [2.75, 3.05) is 0 Å². The van der Waals surface area contributed by atoms with Crippen molar-refractivity contribution in [3.8, 4) is 0 Å². The highest BCUT2D eigenvalue weighted by atomic mass is 16.3. The summed E-state index contributed by atoms with van der Waals surface area (Å²) >= 11 is 0. The van der Waals surface area contributed by atoms with E-state index >= 15 is 0 Å². The molecule has 0 saturated heterocycles. The summed E-state index contributed by atoms with van der Waals surface area (Å²) in [5.74, 6) is -0.649. The Labute approximate surface area is 135 Å². The van der Waals surface area contributed by atoms with Gasteiger partial charge < -0.3 is 9.73 Å². The number of hydrogen-bond acceptors (Lipinski definition) is 4. The van der Waals surface area contributed by atoms with Crippen molar-refractivity contribution in [1.82, 2.24) is 10.7 Å². The molecule has 0 fully saturated rings. The Hall–Kier alpha value is -2.63. The highest BCUT2D eigenvalue weighted by molar-refractivity contribution is 6.35. The molecule has 23 heavy (non-hydrogen) atoms. The Morgan fingerprint density at radius 3 is 2.87 bits per heavy atom. The van der Waals surface area contributed by atoms with E-state index in [0.29, 0.717) is 18.1 Å². The van der Waals surface area contributed by atoms with E-state index in [2.05, 4.69) is 28.5 Å². The normalized spacial score (nSPS) is 19.1. The van der Waals surface area contributed by atoms with Crippen molar-refractivity contribution in [3.63, 3.8) is 0 Å². The average Bonchev–Trinajstić information content (AvgIpc) is 3.04. The van der Waals surface area contributed by atoms with Gasteiger partial charge in [0.15, 0.2) is 0 Å². The fraction of sp³-hybridized carbons (Fsp3) is 0.353. The van der Waals surface area contributed by atoms with Gasteiger partial charge in [-0.2, -0.15) is 5.10 Å². The molecule has 2 rings (SSSR count). The van der Waals surface area contributed by atoms with Gasteiger partial charge in [0, 0.05) is 0 Å². The largest absolute Gasteiger partial charge is 0.467 e. The van der Waals surface area contributed by atoms with Crippen LogP contribution in [-0.2, 0) is 16.1 Å². The first-order chi connectivity index (χ1) is 11.0. The second-order valence-electron chi connectivity index (χ2n) is 5.63. The lowest BCUT2D eigenvalue weighted by atomic mass is 9.85. The smallest absolute Gasteiger partial charge is 0.329 e. The molecule has 1 aliphatic rings. The van der Waals surface area contributed by atoms with E-state index in [4.69, 9.17) is 4.42 Å². The fourth-order valence-corrected chi connectivity index (χ4v) is 2.25. The predicted molar refractivity (Wildman–Crippen MR) is 87.4 cm³/mol. The first-order valence-corrected chi connectivity index (χ1v) is 7.47. The summed E-state index contributed by atoms with van der Waals surface area (Å²) in [5, 5.41) is 6.55. The molecule has 0 aromatic carbocycles. The van der Waals surface area contributed by atoms with Gasteiger partial charge in [-0.15, -0.1) is 0 Å². The lowest BCUT2D eigenvalue weighted by Gasteiger charge is -2.22. The Balaban J connectivity index is 1.89. The van der Waals surface area contributed by atoms with Gasteiger partial charge in [0.2, 0.25) is 0 Å². The number of hydrogen-bond donors (Lipinski definition) is 2. The van der Waals surface area contributed by atoms with Gasteiger partial charge in [-0.3, -0.25) is 9.59 Å². The molecule has 1 atom stereocenters. The van der Waals surface area contributed by atoms with Crippen LogP contribution in [0.25, 0.3) is 0 Å². The highest BCUT2D eigenvalue weighted by Gasteiger charge is 2.19. The lowest BCUT2D eigenvalue weighted by Crippen LogP contribution is -2.38. The molecule has 2 N–H and O–H groups in total. The molecule has 0 spiro atoms. The summed E-state index contributed by atoms with van der Waals surface area (Å²) in [6, 6.07) is 3.43. The van der Waals surface area contributed by atoms with E-state index in [-0.39, 0.29) is 6.54 Å². The molecule has 2 amide bonds. The Bertz CT molecular complexity index is 657. The molecule has 1 heterocycles. The van der Waals surface area contributed by atoms with Crippen LogP contribution >= 0.6 is 0 Å². The van der Waals surface area contributed by atoms with E-state index in [1.54, 1.807) is 12.1 Å². The van der Waals surface area contributed by atoms with Crippen LogP contribution < -0.4 is 10.7 Å². The maximum Gasteiger partial charge on any atom is 0.329 e. The lowest BCUT2D eigenvalue weighted by molar-refractivity contribution is -0.139. The van der Waals surface area contributed by atoms with E-state index in [1.807, 2.05) is 13.8 Å². The minimum absolute atomic E-state index is 0.159. The standard InChI is InChI=1S/C17H21N3O3/c1-11(2)13-7-6-12(3)15(9-13)19-20-17(22)16(21)18-10-14-5-4-8-23-14/h4-6,8,13H,1,7,9-10H2,2-3H3,(H,18,21)(H,20,22)/b19-15-/t13-/m0/s1. The first kappa shape index (κ1) is 16.7. The zero-order valence-electron chi connectivity index (χ0n) is 13.4. The molecule has 0 radical (unpaired) electrons. The third-order valence-corrected chi connectivity index (χ3v) is 3.80. The van der Waals surface area contributed by atoms with Gasteiger partial charge in [-0.1, -0.05) is 18.2 Å². The summed E-state index contributed by atoms with van der Waals surface area (Å²) in [4.78, 5) is 23.5. The summed E-state index contributed by atoms with van der Waals surface area (Å²) in [6.45, 7) is 8.05. The number of amides is 2. The average molecular weight is 315 g/mol. The molecule has 1 aliphatic carbocycles. The second kappa shape index (κ2) is 7.58. The second-order valence-corrected chi connectivity index (χ2v) is 5.63. The van der Waals surface area contributed by atoms with Crippen LogP contribution in [0.1, 0.15) is 32.4 Å². The Morgan fingerprint density at radius 2 is 2.22 bits per heavy atom. The SMILES string of the molecule is C=C(C)[C@H]1CC=C(C)/C(=N\NC(=O)C(=O)NCc2ccco2)C1. The maximum absolute atomic E-state index is 11.8. The van der Waals surface area contributed by atoms with Crippen molar-refractivity contribution in [2.24, 2.45) is 11.0 Å². The van der Waals surface area contributed by atoms with Crippen molar-refractivity contribution in [2.45, 2.75) is 33.2 Å². The van der Waals surface area contributed by atoms with Gasteiger partial charge in [-0.25, -0.2) is 5.43 Å². The Morgan fingerprint density at radius 1 is 1.43 bits per heavy atom. The zero-order valence-corrected chi connectivity index (χ0v) is 13.4. The zero-order chi connectivity index (χ0) is 16.8. The van der Waals surface area contributed by atoms with Crippen LogP contribution in [0.3, 0.4) is 0 Å². The number of carbonyl (C=O) groups is 2. The van der Waals surface area contributed by atoms with Gasteiger partial charge in [0.25, 0.3) is 0 Å². The van der Waals surface area contributed by atoms with Crippen LogP contribution in [0.4, 0.5) is 0 Å².